The van der Waals surface area contributed by atoms with Crippen LogP contribution in [0.2, 0.25) is 0 Å². The average molecular weight is 386 g/mol. The molecule has 0 bridgehead atoms. The lowest BCUT2D eigenvalue weighted by atomic mass is 9.92. The van der Waals surface area contributed by atoms with Gasteiger partial charge in [-0.25, -0.2) is 0 Å². The van der Waals surface area contributed by atoms with Crippen LogP contribution in [0.3, 0.4) is 0 Å². The van der Waals surface area contributed by atoms with Gasteiger partial charge in [-0.2, -0.15) is 0 Å². The number of nitrogens with zero attached hydrogens (tertiary/aromatic N) is 1. The second-order valence-electron chi connectivity index (χ2n) is 6.88. The predicted molar refractivity (Wildman–Crippen MR) is 101 cm³/mol. The Balaban J connectivity index is 2.18. The molecule has 8 heteroatoms. The van der Waals surface area contributed by atoms with E-state index in [0.29, 0.717) is 36.2 Å². The first-order valence-corrected chi connectivity index (χ1v) is 8.99. The monoisotopic (exact) mass is 386 g/mol. The normalized spacial score (nSPS) is 13.9. The Kier molecular flexibility index (Phi) is 5.73. The van der Waals surface area contributed by atoms with E-state index in [2.05, 4.69) is 5.32 Å². The lowest BCUT2D eigenvalue weighted by Crippen LogP contribution is -2.57. The third kappa shape index (κ3) is 3.49. The molecule has 0 spiro atoms. The van der Waals surface area contributed by atoms with E-state index < -0.39 is 36.8 Å². The maximum Gasteiger partial charge on any atom is 0.268 e. The van der Waals surface area contributed by atoms with Gasteiger partial charge in [0.2, 0.25) is 0 Å². The van der Waals surface area contributed by atoms with E-state index in [9.17, 15) is 29.7 Å². The van der Waals surface area contributed by atoms with Gasteiger partial charge in [0.1, 0.15) is 11.1 Å². The van der Waals surface area contributed by atoms with Crippen LogP contribution in [0.4, 0.5) is 0 Å². The summed E-state index contributed by atoms with van der Waals surface area (Å²) in [5.74, 6) is -1.04. The number of aromatic nitrogens is 1. The van der Waals surface area contributed by atoms with Gasteiger partial charge in [0, 0.05) is 23.4 Å². The standard InChI is InChI=1S/C20H22N2O6/c23-10-20(11-24,12-25)21-18(27)15-9-14-16(7-4-8-17(14)26)22(19(15)28)13-5-2-1-3-6-13/h1-3,5-6,9,23-25H,4,7-8,10-12H2,(H,21,27). The molecule has 0 radical (unpaired) electrons. The summed E-state index contributed by atoms with van der Waals surface area (Å²) in [6.07, 6.45) is 1.47. The van der Waals surface area contributed by atoms with Crippen LogP contribution in [-0.2, 0) is 6.42 Å². The summed E-state index contributed by atoms with van der Waals surface area (Å²) in [7, 11) is 0. The molecule has 0 aliphatic heterocycles. The molecule has 28 heavy (non-hydrogen) atoms. The number of benzene rings is 1. The third-order valence-electron chi connectivity index (χ3n) is 4.97. The van der Waals surface area contributed by atoms with Gasteiger partial charge < -0.3 is 20.6 Å². The van der Waals surface area contributed by atoms with E-state index in [-0.39, 0.29) is 11.3 Å². The van der Waals surface area contributed by atoms with Crippen LogP contribution < -0.4 is 10.9 Å². The molecule has 0 atom stereocenters. The molecule has 1 amide bonds. The van der Waals surface area contributed by atoms with E-state index in [4.69, 9.17) is 0 Å². The maximum atomic E-state index is 13.1. The van der Waals surface area contributed by atoms with Crippen molar-refractivity contribution >= 4 is 11.7 Å². The number of carbonyl (C=O) groups is 2. The van der Waals surface area contributed by atoms with Gasteiger partial charge in [-0.05, 0) is 31.0 Å². The lowest BCUT2D eigenvalue weighted by Gasteiger charge is -2.29. The molecule has 1 heterocycles. The van der Waals surface area contributed by atoms with E-state index >= 15 is 0 Å². The Hall–Kier alpha value is -2.81. The summed E-state index contributed by atoms with van der Waals surface area (Å²) in [5, 5.41) is 30.6. The lowest BCUT2D eigenvalue weighted by molar-refractivity contribution is 0.0374. The molecule has 1 aromatic carbocycles. The van der Waals surface area contributed by atoms with Crippen LogP contribution in [0, 0.1) is 0 Å². The number of fused-ring (bicyclic) bond motifs is 1. The summed E-state index contributed by atoms with van der Waals surface area (Å²) in [6.45, 7) is -2.16. The summed E-state index contributed by atoms with van der Waals surface area (Å²) in [4.78, 5) is 38.4. The fourth-order valence-electron chi connectivity index (χ4n) is 3.28. The van der Waals surface area contributed by atoms with E-state index in [1.165, 1.54) is 10.6 Å². The maximum absolute atomic E-state index is 13.1. The fraction of sp³-hybridized carbons (Fsp3) is 0.350. The highest BCUT2D eigenvalue weighted by Crippen LogP contribution is 2.23. The number of nitrogens with one attached hydrogen (secondary N) is 1. The van der Waals surface area contributed by atoms with Crippen molar-refractivity contribution in [3.05, 3.63) is 63.6 Å². The van der Waals surface area contributed by atoms with Crippen LogP contribution in [0.1, 0.15) is 39.3 Å². The summed E-state index contributed by atoms with van der Waals surface area (Å²) < 4.78 is 1.36. The molecule has 4 N–H and O–H groups in total. The van der Waals surface area contributed by atoms with Crippen molar-refractivity contribution in [1.29, 1.82) is 0 Å². The number of pyridine rings is 1. The summed E-state index contributed by atoms with van der Waals surface area (Å²) in [5.41, 5.74) is -1.19. The van der Waals surface area contributed by atoms with Crippen molar-refractivity contribution < 1.29 is 24.9 Å². The van der Waals surface area contributed by atoms with E-state index in [1.807, 2.05) is 0 Å². The summed E-state index contributed by atoms with van der Waals surface area (Å²) >= 11 is 0. The zero-order valence-corrected chi connectivity index (χ0v) is 15.2. The number of rotatable bonds is 6. The van der Waals surface area contributed by atoms with Gasteiger partial charge in [-0.3, -0.25) is 19.0 Å². The zero-order valence-electron chi connectivity index (χ0n) is 15.2. The van der Waals surface area contributed by atoms with Crippen LogP contribution in [0.5, 0.6) is 0 Å². The number of hydrogen-bond acceptors (Lipinski definition) is 6. The molecule has 1 aromatic heterocycles. The highest BCUT2D eigenvalue weighted by Gasteiger charge is 2.33. The molecule has 148 valence electrons. The third-order valence-corrected chi connectivity index (χ3v) is 4.97. The minimum Gasteiger partial charge on any atom is -0.394 e. The second-order valence-corrected chi connectivity index (χ2v) is 6.88. The largest absolute Gasteiger partial charge is 0.394 e. The number of ketones is 1. The molecule has 1 aliphatic carbocycles. The van der Waals surface area contributed by atoms with Gasteiger partial charge in [0.05, 0.1) is 19.8 Å². The van der Waals surface area contributed by atoms with Gasteiger partial charge in [0.15, 0.2) is 5.78 Å². The number of aliphatic hydroxyl groups excluding tert-OH is 3. The minimum absolute atomic E-state index is 0.155. The Morgan fingerprint density at radius 3 is 2.29 bits per heavy atom. The van der Waals surface area contributed by atoms with Crippen LogP contribution in [0.15, 0.2) is 41.2 Å². The molecular weight excluding hydrogens is 364 g/mol. The molecule has 0 unspecified atom stereocenters. The van der Waals surface area contributed by atoms with Crippen molar-refractivity contribution in [3.8, 4) is 5.69 Å². The number of hydrogen-bond donors (Lipinski definition) is 4. The zero-order chi connectivity index (χ0) is 20.3. The van der Waals surface area contributed by atoms with Crippen molar-refractivity contribution in [3.63, 3.8) is 0 Å². The van der Waals surface area contributed by atoms with Crippen molar-refractivity contribution in [2.45, 2.75) is 24.8 Å². The molecule has 8 nitrogen and oxygen atoms in total. The Labute approximate surface area is 161 Å². The highest BCUT2D eigenvalue weighted by atomic mass is 16.3. The van der Waals surface area contributed by atoms with Gasteiger partial charge >= 0.3 is 0 Å². The first kappa shape index (κ1) is 19.9. The highest BCUT2D eigenvalue weighted by molar-refractivity contribution is 6.02. The summed E-state index contributed by atoms with van der Waals surface area (Å²) in [6, 6.07) is 9.98. The first-order valence-electron chi connectivity index (χ1n) is 8.99. The first-order chi connectivity index (χ1) is 13.5. The van der Waals surface area contributed by atoms with E-state index in [1.54, 1.807) is 30.3 Å². The van der Waals surface area contributed by atoms with Crippen molar-refractivity contribution in [2.75, 3.05) is 19.8 Å². The molecule has 1 aliphatic rings. The minimum atomic E-state index is -1.68. The molecular formula is C20H22N2O6. The van der Waals surface area contributed by atoms with Crippen molar-refractivity contribution in [1.82, 2.24) is 9.88 Å². The quantitative estimate of drug-likeness (QED) is 0.544. The number of Topliss-reactive ketones (excluding diaryl/α,β-unsaturated/α-hetero) is 1. The van der Waals surface area contributed by atoms with Crippen LogP contribution in [-0.4, -0.2) is 56.9 Å². The predicted octanol–water partition coefficient (Wildman–Crippen LogP) is -0.198. The topological polar surface area (TPSA) is 129 Å². The average Bonchev–Trinajstić information content (AvgIpc) is 2.72. The van der Waals surface area contributed by atoms with Crippen LogP contribution >= 0.6 is 0 Å². The number of para-hydroxylation sites is 1. The molecule has 0 fully saturated rings. The van der Waals surface area contributed by atoms with Gasteiger partial charge in [-0.1, -0.05) is 18.2 Å². The van der Waals surface area contributed by atoms with Crippen molar-refractivity contribution in [2.24, 2.45) is 0 Å². The molecule has 2 aromatic rings. The van der Waals surface area contributed by atoms with Gasteiger partial charge in [-0.15, -0.1) is 0 Å². The SMILES string of the molecule is O=C1CCCc2c1cc(C(=O)NC(CO)(CO)CO)c(=O)n2-c1ccccc1. The second kappa shape index (κ2) is 8.05. The molecule has 3 rings (SSSR count). The number of amides is 1. The van der Waals surface area contributed by atoms with Gasteiger partial charge in [0.25, 0.3) is 11.5 Å². The van der Waals surface area contributed by atoms with Crippen LogP contribution in [0.25, 0.3) is 5.69 Å². The number of aliphatic hydroxyl groups is 3. The number of carbonyl (C=O) groups excluding carboxylic acids is 2. The Morgan fingerprint density at radius 2 is 1.68 bits per heavy atom. The molecule has 0 saturated carbocycles. The fourth-order valence-corrected chi connectivity index (χ4v) is 3.28. The molecule has 0 saturated heterocycles. The Morgan fingerprint density at radius 1 is 1.04 bits per heavy atom. The smallest absolute Gasteiger partial charge is 0.268 e. The Bertz CT molecular complexity index is 939. The van der Waals surface area contributed by atoms with E-state index in [0.717, 1.165) is 0 Å².